The van der Waals surface area contributed by atoms with Gasteiger partial charge in [-0.25, -0.2) is 0 Å². The zero-order chi connectivity index (χ0) is 23.3. The molecule has 178 valence electrons. The maximum absolute atomic E-state index is 12.3. The summed E-state index contributed by atoms with van der Waals surface area (Å²) in [5, 5.41) is 5.26. The summed E-state index contributed by atoms with van der Waals surface area (Å²) in [5.74, 6) is 1.40. The van der Waals surface area contributed by atoms with Gasteiger partial charge in [0.15, 0.2) is 0 Å². The molecule has 0 atom stereocenters. The summed E-state index contributed by atoms with van der Waals surface area (Å²) in [5.41, 5.74) is 3.69. The van der Waals surface area contributed by atoms with Crippen molar-refractivity contribution in [1.82, 2.24) is 15.2 Å². The molecule has 1 amide bonds. The summed E-state index contributed by atoms with van der Waals surface area (Å²) in [7, 11) is 0. The van der Waals surface area contributed by atoms with Crippen molar-refractivity contribution >= 4 is 34.5 Å². The Bertz CT molecular complexity index is 1140. The first-order valence-electron chi connectivity index (χ1n) is 12.7. The van der Waals surface area contributed by atoms with Gasteiger partial charge < -0.3 is 15.2 Å². The number of aromatic amines is 1. The number of H-pyrrole nitrogens is 1. The molecule has 5 heteroatoms. The van der Waals surface area contributed by atoms with E-state index in [1.807, 2.05) is 30.3 Å². The molecule has 3 aromatic rings. The number of nitrogens with zero attached hydrogens (tertiary/aromatic N) is 1. The molecule has 2 aromatic carbocycles. The van der Waals surface area contributed by atoms with Crippen molar-refractivity contribution in [3.05, 3.63) is 77.0 Å². The Kier molecular flexibility index (Phi) is 7.36. The third-order valence-electron chi connectivity index (χ3n) is 7.63. The van der Waals surface area contributed by atoms with E-state index in [9.17, 15) is 4.79 Å². The first kappa shape index (κ1) is 23.2. The van der Waals surface area contributed by atoms with E-state index in [1.165, 1.54) is 61.8 Å². The van der Waals surface area contributed by atoms with Crippen molar-refractivity contribution < 1.29 is 4.79 Å². The van der Waals surface area contributed by atoms with Crippen molar-refractivity contribution in [2.24, 2.45) is 5.92 Å². The molecule has 5 rings (SSSR count). The van der Waals surface area contributed by atoms with E-state index in [2.05, 4.69) is 45.7 Å². The Morgan fingerprint density at radius 2 is 1.82 bits per heavy atom. The number of benzene rings is 2. The number of amides is 1. The van der Waals surface area contributed by atoms with Gasteiger partial charge in [-0.15, -0.1) is 0 Å². The molecular weight excluding hydrogens is 442 g/mol. The molecule has 1 saturated heterocycles. The zero-order valence-corrected chi connectivity index (χ0v) is 20.4. The van der Waals surface area contributed by atoms with Crippen molar-refractivity contribution in [1.29, 1.82) is 0 Å². The number of carbonyl (C=O) groups is 1. The standard InChI is InChI=1S/C29H34ClN3O/c30-24-5-3-4-21(18-24)10-13-29(34)32-25-11-8-22(9-12-25)20-33-16-14-23(15-17-33)27-19-31-28-7-2-1-6-26(27)28/h1-7,10,13,18-19,22-23,25,31H,8-9,11-12,14-17,20H2,(H,32,34)/b13-10+. The molecule has 2 fully saturated rings. The highest BCUT2D eigenvalue weighted by molar-refractivity contribution is 6.30. The lowest BCUT2D eigenvalue weighted by molar-refractivity contribution is -0.117. The highest BCUT2D eigenvalue weighted by Crippen LogP contribution is 2.34. The van der Waals surface area contributed by atoms with Gasteiger partial charge >= 0.3 is 0 Å². The summed E-state index contributed by atoms with van der Waals surface area (Å²) in [6, 6.07) is 16.5. The van der Waals surface area contributed by atoms with Crippen LogP contribution in [0.15, 0.2) is 60.8 Å². The molecule has 2 aliphatic rings. The number of carbonyl (C=O) groups excluding carboxylic acids is 1. The van der Waals surface area contributed by atoms with Gasteiger partial charge in [0.25, 0.3) is 0 Å². The maximum Gasteiger partial charge on any atom is 0.244 e. The van der Waals surface area contributed by atoms with Crippen LogP contribution in [0, 0.1) is 5.92 Å². The normalized spacial score (nSPS) is 22.4. The van der Waals surface area contributed by atoms with E-state index in [0.29, 0.717) is 17.0 Å². The van der Waals surface area contributed by atoms with E-state index in [4.69, 9.17) is 11.6 Å². The average molecular weight is 476 g/mol. The smallest absolute Gasteiger partial charge is 0.244 e. The molecule has 1 saturated carbocycles. The molecule has 2 N–H and O–H groups in total. The van der Waals surface area contributed by atoms with Gasteiger partial charge in [0.05, 0.1) is 0 Å². The molecule has 1 aliphatic carbocycles. The lowest BCUT2D eigenvalue weighted by Crippen LogP contribution is -2.41. The number of piperidine rings is 1. The number of hydrogen-bond donors (Lipinski definition) is 2. The Morgan fingerprint density at radius 3 is 2.62 bits per heavy atom. The van der Waals surface area contributed by atoms with Gasteiger partial charge in [0.2, 0.25) is 5.91 Å². The first-order valence-corrected chi connectivity index (χ1v) is 13.0. The number of hydrogen-bond acceptors (Lipinski definition) is 2. The number of halogens is 1. The Morgan fingerprint density at radius 1 is 1.03 bits per heavy atom. The van der Waals surface area contributed by atoms with Crippen LogP contribution in [0.3, 0.4) is 0 Å². The Labute approximate surface area is 207 Å². The predicted molar refractivity (Wildman–Crippen MR) is 141 cm³/mol. The van der Waals surface area contributed by atoms with Gasteiger partial charge in [0, 0.05) is 40.8 Å². The Balaban J connectivity index is 1.04. The van der Waals surface area contributed by atoms with Crippen molar-refractivity contribution in [2.45, 2.75) is 50.5 Å². The zero-order valence-electron chi connectivity index (χ0n) is 19.7. The minimum absolute atomic E-state index is 0.0113. The third-order valence-corrected chi connectivity index (χ3v) is 7.87. The largest absolute Gasteiger partial charge is 0.361 e. The van der Waals surface area contributed by atoms with E-state index in [0.717, 1.165) is 24.3 Å². The molecule has 1 aliphatic heterocycles. The van der Waals surface area contributed by atoms with E-state index in [-0.39, 0.29) is 5.91 Å². The summed E-state index contributed by atoms with van der Waals surface area (Å²) in [6.07, 6.45) is 12.7. The first-order chi connectivity index (χ1) is 16.6. The van der Waals surface area contributed by atoms with Crippen LogP contribution in [0.5, 0.6) is 0 Å². The van der Waals surface area contributed by atoms with Crippen LogP contribution in [0.25, 0.3) is 17.0 Å². The average Bonchev–Trinajstić information content (AvgIpc) is 3.29. The number of nitrogens with one attached hydrogen (secondary N) is 2. The molecule has 0 radical (unpaired) electrons. The van der Waals surface area contributed by atoms with Crippen LogP contribution in [-0.4, -0.2) is 41.5 Å². The van der Waals surface area contributed by atoms with Gasteiger partial charge in [-0.3, -0.25) is 4.79 Å². The number of fused-ring (bicyclic) bond motifs is 1. The molecule has 0 spiro atoms. The SMILES string of the molecule is O=C(/C=C/c1cccc(Cl)c1)NC1CCC(CN2CCC(c3c[nH]c4ccccc34)CC2)CC1. The number of rotatable bonds is 6. The van der Waals surface area contributed by atoms with Crippen LogP contribution >= 0.6 is 11.6 Å². The lowest BCUT2D eigenvalue weighted by atomic mass is 9.84. The summed E-state index contributed by atoms with van der Waals surface area (Å²) >= 11 is 6.01. The van der Waals surface area contributed by atoms with Gasteiger partial charge in [-0.05, 0) is 98.9 Å². The molecule has 34 heavy (non-hydrogen) atoms. The predicted octanol–water partition coefficient (Wildman–Crippen LogP) is 6.39. The number of para-hydroxylation sites is 1. The minimum atomic E-state index is -0.0113. The minimum Gasteiger partial charge on any atom is -0.361 e. The van der Waals surface area contributed by atoms with Crippen molar-refractivity contribution in [2.75, 3.05) is 19.6 Å². The third kappa shape index (κ3) is 5.73. The fraction of sp³-hybridized carbons (Fsp3) is 0.414. The molecule has 2 heterocycles. The maximum atomic E-state index is 12.3. The second-order valence-corrected chi connectivity index (χ2v) is 10.4. The molecule has 0 bridgehead atoms. The molecule has 4 nitrogen and oxygen atoms in total. The molecule has 0 unspecified atom stereocenters. The number of likely N-dealkylation sites (tertiary alicyclic amines) is 1. The molecular formula is C29H34ClN3O. The summed E-state index contributed by atoms with van der Waals surface area (Å²) < 4.78 is 0. The second kappa shape index (κ2) is 10.8. The highest BCUT2D eigenvalue weighted by Gasteiger charge is 2.27. The fourth-order valence-corrected chi connectivity index (χ4v) is 5.94. The van der Waals surface area contributed by atoms with Crippen LogP contribution in [0.4, 0.5) is 0 Å². The monoisotopic (exact) mass is 475 g/mol. The summed E-state index contributed by atoms with van der Waals surface area (Å²) in [6.45, 7) is 3.58. The molecule has 1 aromatic heterocycles. The van der Waals surface area contributed by atoms with Crippen molar-refractivity contribution in [3.8, 4) is 0 Å². The lowest BCUT2D eigenvalue weighted by Gasteiger charge is -2.36. The van der Waals surface area contributed by atoms with Crippen molar-refractivity contribution in [3.63, 3.8) is 0 Å². The topological polar surface area (TPSA) is 48.1 Å². The highest BCUT2D eigenvalue weighted by atomic mass is 35.5. The van der Waals surface area contributed by atoms with Crippen LogP contribution in [0.2, 0.25) is 5.02 Å². The van der Waals surface area contributed by atoms with Gasteiger partial charge in [0.1, 0.15) is 0 Å². The number of aromatic nitrogens is 1. The fourth-order valence-electron chi connectivity index (χ4n) is 5.74. The van der Waals surface area contributed by atoms with Gasteiger partial charge in [-0.2, -0.15) is 0 Å². The van der Waals surface area contributed by atoms with Crippen LogP contribution in [0.1, 0.15) is 55.6 Å². The summed E-state index contributed by atoms with van der Waals surface area (Å²) in [4.78, 5) is 18.5. The Hall–Kier alpha value is -2.56. The van der Waals surface area contributed by atoms with Crippen LogP contribution in [-0.2, 0) is 4.79 Å². The van der Waals surface area contributed by atoms with E-state index >= 15 is 0 Å². The second-order valence-electron chi connectivity index (χ2n) is 9.98. The van der Waals surface area contributed by atoms with Gasteiger partial charge in [-0.1, -0.05) is 41.9 Å². The van der Waals surface area contributed by atoms with Crippen LogP contribution < -0.4 is 5.32 Å². The quantitative estimate of drug-likeness (QED) is 0.406. The van der Waals surface area contributed by atoms with E-state index < -0.39 is 0 Å². The van der Waals surface area contributed by atoms with E-state index in [1.54, 1.807) is 6.08 Å².